The van der Waals surface area contributed by atoms with Crippen molar-refractivity contribution in [2.45, 2.75) is 26.8 Å². The first-order valence-electron chi connectivity index (χ1n) is 5.97. The van der Waals surface area contributed by atoms with Crippen molar-refractivity contribution in [3.63, 3.8) is 0 Å². The van der Waals surface area contributed by atoms with Gasteiger partial charge in [-0.1, -0.05) is 15.9 Å². The van der Waals surface area contributed by atoms with Crippen LogP contribution in [0.4, 0.5) is 10.5 Å². The van der Waals surface area contributed by atoms with E-state index >= 15 is 0 Å². The molecule has 0 aliphatic heterocycles. The average molecular weight is 329 g/mol. The van der Waals surface area contributed by atoms with Crippen LogP contribution in [-0.2, 0) is 0 Å². The lowest BCUT2D eigenvalue weighted by Crippen LogP contribution is -2.40. The number of nitrogens with zero attached hydrogens (tertiary/aromatic N) is 1. The molecule has 2 amide bonds. The maximum atomic E-state index is 12.1. The molecule has 1 aromatic carbocycles. The highest BCUT2D eigenvalue weighted by molar-refractivity contribution is 9.10. The fourth-order valence-electron chi connectivity index (χ4n) is 1.73. The molecule has 0 aliphatic carbocycles. The Hall–Kier alpha value is -1.56. The van der Waals surface area contributed by atoms with Crippen LogP contribution >= 0.6 is 15.9 Å². The van der Waals surface area contributed by atoms with Crippen LogP contribution in [0.3, 0.4) is 0 Å². The molecule has 6 heteroatoms. The molecule has 0 spiro atoms. The van der Waals surface area contributed by atoms with Crippen molar-refractivity contribution in [1.29, 1.82) is 0 Å². The largest absolute Gasteiger partial charge is 0.478 e. The molecule has 104 valence electrons. The summed E-state index contributed by atoms with van der Waals surface area (Å²) in [6.07, 6.45) is 0. The highest BCUT2D eigenvalue weighted by atomic mass is 79.9. The van der Waals surface area contributed by atoms with Crippen molar-refractivity contribution < 1.29 is 14.7 Å². The minimum absolute atomic E-state index is 0.0497. The van der Waals surface area contributed by atoms with E-state index in [1.54, 1.807) is 17.0 Å². The quantitative estimate of drug-likeness (QED) is 0.889. The summed E-state index contributed by atoms with van der Waals surface area (Å²) in [5, 5.41) is 11.8. The number of anilines is 1. The Morgan fingerprint density at radius 3 is 2.53 bits per heavy atom. The number of carbonyl (C=O) groups is 2. The Kier molecular flexibility index (Phi) is 5.35. The standard InChI is InChI=1S/C13H17BrN2O3/c1-4-16(8(2)3)13(19)15-11-6-5-9(14)7-10(11)12(17)18/h5-8H,4H2,1-3H3,(H,15,19)(H,17,18). The fraction of sp³-hybridized carbons (Fsp3) is 0.385. The van der Waals surface area contributed by atoms with E-state index < -0.39 is 5.97 Å². The van der Waals surface area contributed by atoms with E-state index in [1.165, 1.54) is 6.07 Å². The van der Waals surface area contributed by atoms with Gasteiger partial charge in [0.1, 0.15) is 0 Å². The Labute approximate surface area is 120 Å². The van der Waals surface area contributed by atoms with Crippen LogP contribution in [0, 0.1) is 0 Å². The molecule has 0 heterocycles. The van der Waals surface area contributed by atoms with Gasteiger partial charge < -0.3 is 15.3 Å². The smallest absolute Gasteiger partial charge is 0.337 e. The number of urea groups is 1. The van der Waals surface area contributed by atoms with Crippen LogP contribution < -0.4 is 5.32 Å². The maximum absolute atomic E-state index is 12.1. The number of amides is 2. The molecular weight excluding hydrogens is 312 g/mol. The van der Waals surface area contributed by atoms with E-state index in [0.717, 1.165) is 0 Å². The van der Waals surface area contributed by atoms with Crippen LogP contribution in [0.15, 0.2) is 22.7 Å². The molecule has 0 atom stereocenters. The van der Waals surface area contributed by atoms with Gasteiger partial charge in [0.15, 0.2) is 0 Å². The second-order valence-electron chi connectivity index (χ2n) is 4.30. The molecule has 0 aromatic heterocycles. The topological polar surface area (TPSA) is 69.6 Å². The van der Waals surface area contributed by atoms with E-state index in [2.05, 4.69) is 21.2 Å². The van der Waals surface area contributed by atoms with Crippen LogP contribution in [-0.4, -0.2) is 34.6 Å². The molecule has 0 fully saturated rings. The number of benzene rings is 1. The van der Waals surface area contributed by atoms with Gasteiger partial charge >= 0.3 is 12.0 Å². The molecule has 0 aliphatic rings. The van der Waals surface area contributed by atoms with E-state index in [4.69, 9.17) is 5.11 Å². The van der Waals surface area contributed by atoms with Gasteiger partial charge in [0, 0.05) is 17.1 Å². The molecule has 2 N–H and O–H groups in total. The van der Waals surface area contributed by atoms with E-state index in [1.807, 2.05) is 20.8 Å². The van der Waals surface area contributed by atoms with Crippen molar-refractivity contribution in [2.24, 2.45) is 0 Å². The summed E-state index contributed by atoms with van der Waals surface area (Å²) in [4.78, 5) is 24.8. The normalized spacial score (nSPS) is 10.4. The number of hydrogen-bond donors (Lipinski definition) is 2. The highest BCUT2D eigenvalue weighted by Crippen LogP contribution is 2.21. The van der Waals surface area contributed by atoms with Gasteiger partial charge in [0.05, 0.1) is 11.3 Å². The molecule has 0 saturated carbocycles. The predicted octanol–water partition coefficient (Wildman–Crippen LogP) is 3.41. The van der Waals surface area contributed by atoms with E-state index in [0.29, 0.717) is 16.7 Å². The first kappa shape index (κ1) is 15.5. The Bertz CT molecular complexity index is 489. The molecule has 19 heavy (non-hydrogen) atoms. The first-order chi connectivity index (χ1) is 8.86. The molecule has 0 bridgehead atoms. The third kappa shape index (κ3) is 3.96. The Balaban J connectivity index is 2.99. The van der Waals surface area contributed by atoms with Crippen molar-refractivity contribution in [1.82, 2.24) is 4.90 Å². The monoisotopic (exact) mass is 328 g/mol. The molecule has 1 aromatic rings. The lowest BCUT2D eigenvalue weighted by Gasteiger charge is -2.25. The first-order valence-corrected chi connectivity index (χ1v) is 6.76. The van der Waals surface area contributed by atoms with Crippen LogP contribution in [0.2, 0.25) is 0 Å². The number of rotatable bonds is 4. The zero-order valence-corrected chi connectivity index (χ0v) is 12.7. The third-order valence-electron chi connectivity index (χ3n) is 2.68. The summed E-state index contributed by atoms with van der Waals surface area (Å²) in [7, 11) is 0. The summed E-state index contributed by atoms with van der Waals surface area (Å²) in [5.74, 6) is -1.08. The van der Waals surface area contributed by atoms with Crippen LogP contribution in [0.25, 0.3) is 0 Å². The maximum Gasteiger partial charge on any atom is 0.337 e. The van der Waals surface area contributed by atoms with E-state index in [-0.39, 0.29) is 17.6 Å². The van der Waals surface area contributed by atoms with Gasteiger partial charge in [-0.15, -0.1) is 0 Å². The van der Waals surface area contributed by atoms with Gasteiger partial charge in [-0.05, 0) is 39.0 Å². The van der Waals surface area contributed by atoms with Crippen molar-refractivity contribution >= 4 is 33.6 Å². The second-order valence-corrected chi connectivity index (χ2v) is 5.22. The highest BCUT2D eigenvalue weighted by Gasteiger charge is 2.18. The Morgan fingerprint density at radius 2 is 2.05 bits per heavy atom. The summed E-state index contributed by atoms with van der Waals surface area (Å²) in [5.41, 5.74) is 0.349. The molecule has 1 rings (SSSR count). The van der Waals surface area contributed by atoms with Gasteiger partial charge in [0.25, 0.3) is 0 Å². The van der Waals surface area contributed by atoms with Gasteiger partial charge in [0.2, 0.25) is 0 Å². The average Bonchev–Trinajstić information content (AvgIpc) is 2.31. The van der Waals surface area contributed by atoms with Crippen molar-refractivity contribution in [2.75, 3.05) is 11.9 Å². The number of carboxylic acid groups (broad SMARTS) is 1. The van der Waals surface area contributed by atoms with Gasteiger partial charge in [-0.2, -0.15) is 0 Å². The minimum atomic E-state index is -1.08. The summed E-state index contributed by atoms with van der Waals surface area (Å²) < 4.78 is 0.652. The number of carbonyl (C=O) groups excluding carboxylic acids is 1. The van der Waals surface area contributed by atoms with E-state index in [9.17, 15) is 9.59 Å². The molecule has 0 unspecified atom stereocenters. The number of hydrogen-bond acceptors (Lipinski definition) is 2. The third-order valence-corrected chi connectivity index (χ3v) is 3.17. The number of aromatic carboxylic acids is 1. The zero-order valence-electron chi connectivity index (χ0n) is 11.1. The molecular formula is C13H17BrN2O3. The predicted molar refractivity (Wildman–Crippen MR) is 77.6 cm³/mol. The zero-order chi connectivity index (χ0) is 14.6. The molecule has 0 saturated heterocycles. The number of nitrogens with one attached hydrogen (secondary N) is 1. The molecule has 5 nitrogen and oxygen atoms in total. The van der Waals surface area contributed by atoms with Crippen molar-refractivity contribution in [3.05, 3.63) is 28.2 Å². The van der Waals surface area contributed by atoms with Gasteiger partial charge in [-0.3, -0.25) is 0 Å². The summed E-state index contributed by atoms with van der Waals surface area (Å²) >= 11 is 3.21. The molecule has 0 radical (unpaired) electrons. The lowest BCUT2D eigenvalue weighted by molar-refractivity contribution is 0.0698. The summed E-state index contributed by atoms with van der Waals surface area (Å²) in [6.45, 7) is 6.24. The van der Waals surface area contributed by atoms with Crippen LogP contribution in [0.5, 0.6) is 0 Å². The second kappa shape index (κ2) is 6.56. The van der Waals surface area contributed by atoms with Crippen LogP contribution in [0.1, 0.15) is 31.1 Å². The fourth-order valence-corrected chi connectivity index (χ4v) is 2.09. The van der Waals surface area contributed by atoms with Gasteiger partial charge in [-0.25, -0.2) is 9.59 Å². The number of halogens is 1. The Morgan fingerprint density at radius 1 is 1.42 bits per heavy atom. The SMILES string of the molecule is CCN(C(=O)Nc1ccc(Br)cc1C(=O)O)C(C)C. The van der Waals surface area contributed by atoms with Crippen molar-refractivity contribution in [3.8, 4) is 0 Å². The minimum Gasteiger partial charge on any atom is -0.478 e. The number of carboxylic acids is 1. The summed E-state index contributed by atoms with van der Waals surface area (Å²) in [6, 6.07) is 4.47. The lowest BCUT2D eigenvalue weighted by atomic mass is 10.2.